The molecule has 0 heterocycles. The van der Waals surface area contributed by atoms with E-state index in [1.807, 2.05) is 48.5 Å². The van der Waals surface area contributed by atoms with Gasteiger partial charge < -0.3 is 25.0 Å². The van der Waals surface area contributed by atoms with Crippen molar-refractivity contribution in [2.45, 2.75) is 44.5 Å². The van der Waals surface area contributed by atoms with Gasteiger partial charge in [-0.1, -0.05) is 48.5 Å². The molecule has 1 aliphatic carbocycles. The first-order valence-corrected chi connectivity index (χ1v) is 10.9. The molecule has 0 aromatic heterocycles. The van der Waals surface area contributed by atoms with E-state index in [0.29, 0.717) is 0 Å². The third-order valence-electron chi connectivity index (χ3n) is 5.57. The maximum atomic E-state index is 13.4. The van der Waals surface area contributed by atoms with Gasteiger partial charge in [0.05, 0.1) is 32.0 Å². The molecule has 9 heteroatoms. The van der Waals surface area contributed by atoms with Crippen molar-refractivity contribution in [3.8, 4) is 11.1 Å². The molecule has 2 atom stereocenters. The summed E-state index contributed by atoms with van der Waals surface area (Å²) >= 11 is 0. The summed E-state index contributed by atoms with van der Waals surface area (Å²) in [4.78, 5) is 39.3. The fourth-order valence-electron chi connectivity index (χ4n) is 4.01. The van der Waals surface area contributed by atoms with Gasteiger partial charge in [-0.05, 0) is 43.0 Å². The molecule has 3 rings (SSSR count). The highest BCUT2D eigenvalue weighted by atomic mass is 16.5. The molecule has 0 spiro atoms. The number of aliphatic hydroxyl groups is 1. The van der Waals surface area contributed by atoms with Crippen molar-refractivity contribution >= 4 is 18.0 Å². The highest BCUT2D eigenvalue weighted by molar-refractivity contribution is 5.90. The molecular formula is C25H30N2O7. The minimum absolute atomic E-state index is 0.219. The number of carbonyl (C=O) groups is 3. The number of nitrogens with one attached hydrogen (secondary N) is 1. The highest BCUT2D eigenvalue weighted by Gasteiger charge is 2.43. The topological polar surface area (TPSA) is 125 Å². The van der Waals surface area contributed by atoms with Gasteiger partial charge in [-0.3, -0.25) is 9.69 Å². The van der Waals surface area contributed by atoms with Crippen LogP contribution in [0, 0.1) is 0 Å². The van der Waals surface area contributed by atoms with Crippen LogP contribution in [-0.4, -0.2) is 71.1 Å². The summed E-state index contributed by atoms with van der Waals surface area (Å²) in [5.74, 6) is -2.18. The number of nitrogens with zero attached hydrogens (tertiary/aromatic N) is 1. The molecule has 9 nitrogen and oxygen atoms in total. The van der Waals surface area contributed by atoms with E-state index in [9.17, 15) is 24.6 Å². The van der Waals surface area contributed by atoms with Crippen LogP contribution in [0.3, 0.4) is 0 Å². The SMILES string of the molecule is COC(=O)N(C(COC(C)(C)C)C(=O)N[C@@H](CO)C(=O)O)C1c2ccccc2-c2ccccc21. The zero-order valence-electron chi connectivity index (χ0n) is 19.6. The van der Waals surface area contributed by atoms with Crippen LogP contribution < -0.4 is 5.32 Å². The second-order valence-electron chi connectivity index (χ2n) is 8.98. The summed E-state index contributed by atoms with van der Waals surface area (Å²) in [5.41, 5.74) is 2.81. The molecule has 1 unspecified atom stereocenters. The Labute approximate surface area is 198 Å². The number of rotatable bonds is 8. The lowest BCUT2D eigenvalue weighted by Crippen LogP contribution is -2.57. The number of hydrogen-bond donors (Lipinski definition) is 3. The minimum atomic E-state index is -1.53. The monoisotopic (exact) mass is 470 g/mol. The number of carbonyl (C=O) groups excluding carboxylic acids is 2. The van der Waals surface area contributed by atoms with Crippen molar-refractivity contribution in [2.75, 3.05) is 20.3 Å². The van der Waals surface area contributed by atoms with Gasteiger partial charge in [-0.25, -0.2) is 9.59 Å². The maximum Gasteiger partial charge on any atom is 0.411 e. The van der Waals surface area contributed by atoms with Gasteiger partial charge in [0.25, 0.3) is 0 Å². The first-order chi connectivity index (χ1) is 16.1. The summed E-state index contributed by atoms with van der Waals surface area (Å²) in [6.45, 7) is 4.39. The zero-order chi connectivity index (χ0) is 25.0. The molecule has 182 valence electrons. The number of fused-ring (bicyclic) bond motifs is 3. The van der Waals surface area contributed by atoms with Crippen LogP contribution in [0.15, 0.2) is 48.5 Å². The number of amides is 2. The number of hydrogen-bond acceptors (Lipinski definition) is 6. The first kappa shape index (κ1) is 25.2. The summed E-state index contributed by atoms with van der Waals surface area (Å²) in [5, 5.41) is 21.1. The molecular weight excluding hydrogens is 440 g/mol. The molecule has 0 saturated carbocycles. The molecule has 0 aliphatic heterocycles. The first-order valence-electron chi connectivity index (χ1n) is 10.9. The van der Waals surface area contributed by atoms with Crippen molar-refractivity contribution < 1.29 is 34.1 Å². The van der Waals surface area contributed by atoms with Gasteiger partial charge in [-0.15, -0.1) is 0 Å². The molecule has 3 N–H and O–H groups in total. The smallest absolute Gasteiger partial charge is 0.411 e. The van der Waals surface area contributed by atoms with Crippen LogP contribution >= 0.6 is 0 Å². The third-order valence-corrected chi connectivity index (χ3v) is 5.57. The fourth-order valence-corrected chi connectivity index (χ4v) is 4.01. The van der Waals surface area contributed by atoms with Crippen molar-refractivity contribution in [1.82, 2.24) is 10.2 Å². The van der Waals surface area contributed by atoms with Crippen LogP contribution in [0.2, 0.25) is 0 Å². The predicted octanol–water partition coefficient (Wildman–Crippen LogP) is 2.57. The van der Waals surface area contributed by atoms with Gasteiger partial charge in [-0.2, -0.15) is 0 Å². The van der Waals surface area contributed by atoms with E-state index in [4.69, 9.17) is 9.47 Å². The number of aliphatic hydroxyl groups excluding tert-OH is 1. The van der Waals surface area contributed by atoms with E-state index in [1.165, 1.54) is 12.0 Å². The Bertz CT molecular complexity index is 1020. The summed E-state index contributed by atoms with van der Waals surface area (Å²) in [6.07, 6.45) is -0.773. The molecule has 2 aromatic carbocycles. The number of aliphatic carboxylic acids is 1. The van der Waals surface area contributed by atoms with E-state index in [0.717, 1.165) is 22.3 Å². The summed E-state index contributed by atoms with van der Waals surface area (Å²) in [6, 6.07) is 11.7. The molecule has 0 fully saturated rings. The number of methoxy groups -OCH3 is 1. The highest BCUT2D eigenvalue weighted by Crippen LogP contribution is 2.47. The standard InChI is InChI=1S/C25H30N2O7/c1-25(2,3)34-14-20(22(29)26-19(13-28)23(30)31)27(24(32)33-4)21-17-11-7-5-9-15(17)16-10-6-8-12-18(16)21/h5-12,19-21,28H,13-14H2,1-4H3,(H,26,29)(H,30,31)/t19-,20?/m0/s1. The van der Waals surface area contributed by atoms with Crippen molar-refractivity contribution in [3.63, 3.8) is 0 Å². The van der Waals surface area contributed by atoms with Crippen LogP contribution in [0.5, 0.6) is 0 Å². The van der Waals surface area contributed by atoms with Crippen LogP contribution in [-0.2, 0) is 19.1 Å². The Morgan fingerprint density at radius 2 is 1.56 bits per heavy atom. The summed E-state index contributed by atoms with van der Waals surface area (Å²) < 4.78 is 11.0. The zero-order valence-corrected chi connectivity index (χ0v) is 19.6. The average Bonchev–Trinajstić information content (AvgIpc) is 3.13. The Balaban J connectivity index is 2.12. The van der Waals surface area contributed by atoms with Gasteiger partial charge in [0, 0.05) is 0 Å². The van der Waals surface area contributed by atoms with E-state index in [1.54, 1.807) is 20.8 Å². The predicted molar refractivity (Wildman–Crippen MR) is 124 cm³/mol. The minimum Gasteiger partial charge on any atom is -0.480 e. The van der Waals surface area contributed by atoms with Crippen LogP contribution in [0.4, 0.5) is 4.79 Å². The average molecular weight is 471 g/mol. The lowest BCUT2D eigenvalue weighted by Gasteiger charge is -2.37. The van der Waals surface area contributed by atoms with Gasteiger partial charge in [0.1, 0.15) is 12.1 Å². The van der Waals surface area contributed by atoms with Gasteiger partial charge in [0.15, 0.2) is 0 Å². The van der Waals surface area contributed by atoms with E-state index in [2.05, 4.69) is 5.32 Å². The lowest BCUT2D eigenvalue weighted by atomic mass is 10.0. The van der Waals surface area contributed by atoms with Gasteiger partial charge >= 0.3 is 12.1 Å². The van der Waals surface area contributed by atoms with Crippen LogP contribution in [0.1, 0.15) is 37.9 Å². The Kier molecular flexibility index (Phi) is 7.58. The normalized spacial score (nSPS) is 14.5. The van der Waals surface area contributed by atoms with Crippen molar-refractivity contribution in [3.05, 3.63) is 59.7 Å². The Morgan fingerprint density at radius 1 is 1.03 bits per heavy atom. The Hall–Kier alpha value is -3.43. The molecule has 34 heavy (non-hydrogen) atoms. The van der Waals surface area contributed by atoms with E-state index in [-0.39, 0.29) is 6.61 Å². The third kappa shape index (κ3) is 5.21. The lowest BCUT2D eigenvalue weighted by molar-refractivity contribution is -0.145. The summed E-state index contributed by atoms with van der Waals surface area (Å²) in [7, 11) is 1.22. The molecule has 0 bridgehead atoms. The molecule has 0 radical (unpaired) electrons. The molecule has 0 saturated heterocycles. The van der Waals surface area contributed by atoms with Crippen LogP contribution in [0.25, 0.3) is 11.1 Å². The fraction of sp³-hybridized carbons (Fsp3) is 0.400. The molecule has 2 amide bonds. The van der Waals surface area contributed by atoms with E-state index >= 15 is 0 Å². The Morgan fingerprint density at radius 3 is 2.00 bits per heavy atom. The molecule has 2 aromatic rings. The second kappa shape index (κ2) is 10.2. The quantitative estimate of drug-likeness (QED) is 0.541. The number of carboxylic acid groups (broad SMARTS) is 1. The van der Waals surface area contributed by atoms with Crippen molar-refractivity contribution in [2.24, 2.45) is 0 Å². The second-order valence-corrected chi connectivity index (χ2v) is 8.98. The number of carboxylic acids is 1. The molecule has 1 aliphatic rings. The maximum absolute atomic E-state index is 13.4. The number of ether oxygens (including phenoxy) is 2. The van der Waals surface area contributed by atoms with E-state index < -0.39 is 48.3 Å². The largest absolute Gasteiger partial charge is 0.480 e. The number of benzene rings is 2. The van der Waals surface area contributed by atoms with Crippen molar-refractivity contribution in [1.29, 1.82) is 0 Å². The van der Waals surface area contributed by atoms with Gasteiger partial charge in [0.2, 0.25) is 5.91 Å².